The molecule has 3 N–H and O–H groups in total. The molecule has 0 aliphatic rings. The highest BCUT2D eigenvalue weighted by Gasteiger charge is 2.19. The second kappa shape index (κ2) is 7.05. The summed E-state index contributed by atoms with van der Waals surface area (Å²) in [6.07, 6.45) is 0.982. The maximum absolute atomic E-state index is 12.6. The molecule has 1 amide bonds. The van der Waals surface area contributed by atoms with Crippen LogP contribution < -0.4 is 10.5 Å². The Morgan fingerprint density at radius 2 is 1.79 bits per heavy atom. The summed E-state index contributed by atoms with van der Waals surface area (Å²) >= 11 is 0. The fourth-order valence-electron chi connectivity index (χ4n) is 2.41. The summed E-state index contributed by atoms with van der Waals surface area (Å²) in [5.74, 6) is -0.309. The number of para-hydroxylation sites is 1. The number of hydrogen-bond donors (Lipinski definition) is 2. The minimum absolute atomic E-state index is 0.147. The van der Waals surface area contributed by atoms with E-state index in [9.17, 15) is 13.2 Å². The fraction of sp³-hybridized carbons (Fsp3) is 0.278. The van der Waals surface area contributed by atoms with E-state index in [1.54, 1.807) is 31.2 Å². The van der Waals surface area contributed by atoms with Crippen molar-refractivity contribution in [3.63, 3.8) is 0 Å². The number of benzene rings is 2. The highest BCUT2D eigenvalue weighted by molar-refractivity contribution is 7.92. The van der Waals surface area contributed by atoms with Crippen molar-refractivity contribution in [2.75, 3.05) is 4.72 Å². The highest BCUT2D eigenvalue weighted by atomic mass is 32.2. The lowest BCUT2D eigenvalue weighted by atomic mass is 9.99. The zero-order valence-corrected chi connectivity index (χ0v) is 14.9. The Bertz CT molecular complexity index is 843. The van der Waals surface area contributed by atoms with Gasteiger partial charge < -0.3 is 5.73 Å². The number of sulfonamides is 1. The van der Waals surface area contributed by atoms with Crippen LogP contribution >= 0.6 is 0 Å². The van der Waals surface area contributed by atoms with E-state index in [2.05, 4.69) is 18.6 Å². The van der Waals surface area contributed by atoms with Crippen molar-refractivity contribution in [3.8, 4) is 0 Å². The highest BCUT2D eigenvalue weighted by Crippen LogP contribution is 2.25. The molecular formula is C18H22N2O3S. The molecule has 0 aliphatic carbocycles. The van der Waals surface area contributed by atoms with Crippen LogP contribution in [0.1, 0.15) is 47.7 Å². The van der Waals surface area contributed by atoms with Crippen LogP contribution in [-0.2, 0) is 10.0 Å². The molecule has 0 heterocycles. The number of primary amides is 1. The number of aryl methyl sites for hydroxylation is 1. The minimum atomic E-state index is -3.80. The number of nitrogens with one attached hydrogen (secondary N) is 1. The van der Waals surface area contributed by atoms with Crippen LogP contribution in [0.15, 0.2) is 47.4 Å². The lowest BCUT2D eigenvalue weighted by Gasteiger charge is -2.14. The van der Waals surface area contributed by atoms with Crippen LogP contribution in [0.2, 0.25) is 0 Å². The smallest absolute Gasteiger partial charge is 0.261 e. The Kier molecular flexibility index (Phi) is 5.29. The Labute approximate surface area is 142 Å². The molecule has 1 atom stereocenters. The molecule has 0 saturated carbocycles. The summed E-state index contributed by atoms with van der Waals surface area (Å²) in [5.41, 5.74) is 7.42. The first-order valence-corrected chi connectivity index (χ1v) is 9.26. The van der Waals surface area contributed by atoms with Gasteiger partial charge in [-0.25, -0.2) is 8.42 Å². The molecule has 2 rings (SSSR count). The van der Waals surface area contributed by atoms with Crippen molar-refractivity contribution < 1.29 is 13.2 Å². The molecule has 1 unspecified atom stereocenters. The van der Waals surface area contributed by atoms with Crippen LogP contribution in [0, 0.1) is 6.92 Å². The average molecular weight is 346 g/mol. The van der Waals surface area contributed by atoms with Crippen molar-refractivity contribution in [1.82, 2.24) is 0 Å². The van der Waals surface area contributed by atoms with E-state index in [0.29, 0.717) is 11.5 Å². The molecule has 2 aromatic rings. The van der Waals surface area contributed by atoms with Crippen molar-refractivity contribution in [2.45, 2.75) is 38.0 Å². The largest absolute Gasteiger partial charge is 0.366 e. The van der Waals surface area contributed by atoms with E-state index in [1.807, 2.05) is 12.1 Å². The Balaban J connectivity index is 2.38. The van der Waals surface area contributed by atoms with Gasteiger partial charge in [0.25, 0.3) is 15.9 Å². The third-order valence-corrected chi connectivity index (χ3v) is 5.51. The molecule has 0 spiro atoms. The number of anilines is 1. The second-order valence-electron chi connectivity index (χ2n) is 5.85. The first-order chi connectivity index (χ1) is 11.3. The number of carbonyl (C=O) groups is 1. The molecule has 128 valence electrons. The molecule has 0 aliphatic heterocycles. The average Bonchev–Trinajstić information content (AvgIpc) is 2.55. The summed E-state index contributed by atoms with van der Waals surface area (Å²) in [6.45, 7) is 5.89. The number of carbonyl (C=O) groups excluding carboxylic acids is 1. The minimum Gasteiger partial charge on any atom is -0.366 e. The van der Waals surface area contributed by atoms with Crippen LogP contribution in [0.4, 0.5) is 5.69 Å². The molecule has 2 aromatic carbocycles. The number of amides is 1. The zero-order valence-electron chi connectivity index (χ0n) is 14.0. The van der Waals surface area contributed by atoms with Gasteiger partial charge in [-0.1, -0.05) is 38.1 Å². The van der Waals surface area contributed by atoms with E-state index >= 15 is 0 Å². The molecular weight excluding hydrogens is 324 g/mol. The van der Waals surface area contributed by atoms with Gasteiger partial charge in [-0.2, -0.15) is 0 Å². The number of hydrogen-bond acceptors (Lipinski definition) is 3. The van der Waals surface area contributed by atoms with Gasteiger partial charge in [0, 0.05) is 0 Å². The predicted molar refractivity (Wildman–Crippen MR) is 95.7 cm³/mol. The Morgan fingerprint density at radius 1 is 1.17 bits per heavy atom. The van der Waals surface area contributed by atoms with Crippen LogP contribution in [0.3, 0.4) is 0 Å². The third-order valence-electron chi connectivity index (χ3n) is 4.15. The third kappa shape index (κ3) is 3.76. The van der Waals surface area contributed by atoms with E-state index in [4.69, 9.17) is 5.73 Å². The number of nitrogens with two attached hydrogens (primary N) is 1. The molecule has 0 radical (unpaired) electrons. The predicted octanol–water partition coefficient (Wildman–Crippen LogP) is 3.41. The van der Waals surface area contributed by atoms with Gasteiger partial charge in [0.2, 0.25) is 0 Å². The SMILES string of the molecule is CCC(C)c1ccc(S(=O)(=O)Nc2c(C)cccc2C(N)=O)cc1. The van der Waals surface area contributed by atoms with E-state index in [-0.39, 0.29) is 16.1 Å². The quantitative estimate of drug-likeness (QED) is 0.840. The van der Waals surface area contributed by atoms with Crippen molar-refractivity contribution >= 4 is 21.6 Å². The van der Waals surface area contributed by atoms with E-state index in [0.717, 1.165) is 12.0 Å². The second-order valence-corrected chi connectivity index (χ2v) is 7.53. The topological polar surface area (TPSA) is 89.3 Å². The van der Waals surface area contributed by atoms with Crippen molar-refractivity contribution in [2.24, 2.45) is 5.73 Å². The zero-order chi connectivity index (χ0) is 17.9. The molecule has 0 saturated heterocycles. The summed E-state index contributed by atoms with van der Waals surface area (Å²) in [7, 11) is -3.80. The maximum Gasteiger partial charge on any atom is 0.261 e. The van der Waals surface area contributed by atoms with Crippen LogP contribution in [0.25, 0.3) is 0 Å². The lowest BCUT2D eigenvalue weighted by Crippen LogP contribution is -2.19. The van der Waals surface area contributed by atoms with Crippen molar-refractivity contribution in [3.05, 3.63) is 59.2 Å². The summed E-state index contributed by atoms with van der Waals surface area (Å²) in [6, 6.07) is 11.7. The van der Waals surface area contributed by atoms with Crippen LogP contribution in [-0.4, -0.2) is 14.3 Å². The molecule has 24 heavy (non-hydrogen) atoms. The summed E-state index contributed by atoms with van der Waals surface area (Å²) < 4.78 is 27.7. The normalized spacial score (nSPS) is 12.6. The van der Waals surface area contributed by atoms with Gasteiger partial charge in [-0.15, -0.1) is 0 Å². The molecule has 5 nitrogen and oxygen atoms in total. The van der Waals surface area contributed by atoms with Gasteiger partial charge in [0.15, 0.2) is 0 Å². The maximum atomic E-state index is 12.6. The Hall–Kier alpha value is -2.34. The monoisotopic (exact) mass is 346 g/mol. The van der Waals surface area contributed by atoms with Gasteiger partial charge in [0.05, 0.1) is 16.1 Å². The molecule has 6 heteroatoms. The first kappa shape index (κ1) is 18.0. The molecule has 0 aromatic heterocycles. The fourth-order valence-corrected chi connectivity index (χ4v) is 3.56. The number of rotatable bonds is 6. The van der Waals surface area contributed by atoms with Gasteiger partial charge in [-0.05, 0) is 48.6 Å². The standard InChI is InChI=1S/C18H22N2O3S/c1-4-12(2)14-8-10-15(11-9-14)24(22,23)20-17-13(3)6-5-7-16(17)18(19)21/h5-12,20H,4H2,1-3H3,(H2,19,21). The molecule has 0 bridgehead atoms. The van der Waals surface area contributed by atoms with Gasteiger partial charge in [-0.3, -0.25) is 9.52 Å². The van der Waals surface area contributed by atoms with Crippen molar-refractivity contribution in [1.29, 1.82) is 0 Å². The van der Waals surface area contributed by atoms with Crippen LogP contribution in [0.5, 0.6) is 0 Å². The van der Waals surface area contributed by atoms with Gasteiger partial charge >= 0.3 is 0 Å². The molecule has 0 fully saturated rings. The van der Waals surface area contributed by atoms with Gasteiger partial charge in [0.1, 0.15) is 0 Å². The summed E-state index contributed by atoms with van der Waals surface area (Å²) in [5, 5.41) is 0. The first-order valence-electron chi connectivity index (χ1n) is 7.78. The Morgan fingerprint density at radius 3 is 2.33 bits per heavy atom. The van der Waals surface area contributed by atoms with E-state index < -0.39 is 15.9 Å². The van der Waals surface area contributed by atoms with E-state index in [1.165, 1.54) is 6.07 Å². The lowest BCUT2D eigenvalue weighted by molar-refractivity contribution is 0.100. The summed E-state index contributed by atoms with van der Waals surface area (Å²) in [4.78, 5) is 11.7.